The molecule has 2 aromatic rings. The molecule has 2 aromatic carbocycles. The molecule has 1 aliphatic rings. The number of nitrogens with zero attached hydrogens (tertiary/aromatic N) is 1. The van der Waals surface area contributed by atoms with Crippen molar-refractivity contribution in [2.75, 3.05) is 6.61 Å². The second kappa shape index (κ2) is 4.75. The molecule has 3 rings (SSSR count). The fourth-order valence-corrected chi connectivity index (χ4v) is 2.18. The number of hydrogen-bond acceptors (Lipinski definition) is 2. The van der Waals surface area contributed by atoms with Gasteiger partial charge in [-0.1, -0.05) is 24.3 Å². The van der Waals surface area contributed by atoms with Crippen LogP contribution in [0.4, 0.5) is 4.39 Å². The Morgan fingerprint density at radius 3 is 1.90 bits per heavy atom. The van der Waals surface area contributed by atoms with Gasteiger partial charge in [0.1, 0.15) is 12.4 Å². The van der Waals surface area contributed by atoms with Gasteiger partial charge in [0.15, 0.2) is 0 Å². The summed E-state index contributed by atoms with van der Waals surface area (Å²) < 4.78 is 18.5. The number of aliphatic imine (C=N–C) groups is 1. The van der Waals surface area contributed by atoms with Crippen LogP contribution in [0.1, 0.15) is 19.4 Å². The van der Waals surface area contributed by atoms with Crippen LogP contribution in [-0.2, 0) is 4.74 Å². The van der Waals surface area contributed by atoms with E-state index in [0.717, 1.165) is 16.7 Å². The third-order valence-corrected chi connectivity index (χ3v) is 3.28. The number of hydrogen-bond donors (Lipinski definition) is 0. The first-order valence-corrected chi connectivity index (χ1v) is 6.63. The minimum atomic E-state index is -0.221. The van der Waals surface area contributed by atoms with Gasteiger partial charge >= 0.3 is 0 Å². The van der Waals surface area contributed by atoms with Gasteiger partial charge < -0.3 is 4.74 Å². The number of ether oxygens (including phenoxy) is 1. The minimum absolute atomic E-state index is 0.148. The SMILES string of the molecule is CC1(C)COC(c2ccc(-c3ccc(F)cc3)cc2)=N1. The lowest BCUT2D eigenvalue weighted by atomic mass is 10.0. The lowest BCUT2D eigenvalue weighted by Crippen LogP contribution is -2.17. The maximum absolute atomic E-state index is 12.9. The maximum atomic E-state index is 12.9. The van der Waals surface area contributed by atoms with Crippen molar-refractivity contribution in [2.24, 2.45) is 4.99 Å². The van der Waals surface area contributed by atoms with Gasteiger partial charge in [0.2, 0.25) is 5.90 Å². The molecule has 0 amide bonds. The van der Waals surface area contributed by atoms with Crippen LogP contribution in [0.3, 0.4) is 0 Å². The average Bonchev–Trinajstić information content (AvgIpc) is 2.80. The molecule has 0 N–H and O–H groups in total. The number of benzene rings is 2. The molecule has 0 unspecified atom stereocenters. The maximum Gasteiger partial charge on any atom is 0.216 e. The van der Waals surface area contributed by atoms with Crippen molar-refractivity contribution < 1.29 is 9.13 Å². The molecule has 0 fully saturated rings. The van der Waals surface area contributed by atoms with E-state index in [1.165, 1.54) is 12.1 Å². The van der Waals surface area contributed by atoms with Gasteiger partial charge in [0, 0.05) is 5.56 Å². The van der Waals surface area contributed by atoms with Crippen LogP contribution in [0.15, 0.2) is 53.5 Å². The normalized spacial score (nSPS) is 16.6. The van der Waals surface area contributed by atoms with E-state index in [0.29, 0.717) is 12.5 Å². The summed E-state index contributed by atoms with van der Waals surface area (Å²) in [7, 11) is 0. The van der Waals surface area contributed by atoms with Crippen LogP contribution in [0.5, 0.6) is 0 Å². The van der Waals surface area contributed by atoms with Crippen molar-refractivity contribution in [2.45, 2.75) is 19.4 Å². The van der Waals surface area contributed by atoms with E-state index in [-0.39, 0.29) is 11.4 Å². The summed E-state index contributed by atoms with van der Waals surface area (Å²) in [6.07, 6.45) is 0. The molecular weight excluding hydrogens is 253 g/mol. The van der Waals surface area contributed by atoms with Crippen LogP contribution in [0.25, 0.3) is 11.1 Å². The fraction of sp³-hybridized carbons (Fsp3) is 0.235. The monoisotopic (exact) mass is 269 g/mol. The highest BCUT2D eigenvalue weighted by molar-refractivity contribution is 5.95. The predicted molar refractivity (Wildman–Crippen MR) is 78.4 cm³/mol. The van der Waals surface area contributed by atoms with E-state index < -0.39 is 0 Å². The van der Waals surface area contributed by atoms with E-state index >= 15 is 0 Å². The summed E-state index contributed by atoms with van der Waals surface area (Å²) in [4.78, 5) is 4.55. The Kier molecular flexibility index (Phi) is 3.05. The van der Waals surface area contributed by atoms with E-state index in [9.17, 15) is 4.39 Å². The summed E-state index contributed by atoms with van der Waals surface area (Å²) in [6.45, 7) is 4.71. The topological polar surface area (TPSA) is 21.6 Å². The van der Waals surface area contributed by atoms with Gasteiger partial charge in [0.05, 0.1) is 5.54 Å². The van der Waals surface area contributed by atoms with Gasteiger partial charge in [-0.15, -0.1) is 0 Å². The van der Waals surface area contributed by atoms with Crippen LogP contribution in [0, 0.1) is 5.82 Å². The second-order valence-corrected chi connectivity index (χ2v) is 5.60. The number of rotatable bonds is 2. The first kappa shape index (κ1) is 12.9. The van der Waals surface area contributed by atoms with E-state index in [4.69, 9.17) is 4.74 Å². The Morgan fingerprint density at radius 1 is 0.900 bits per heavy atom. The van der Waals surface area contributed by atoms with Crippen molar-refractivity contribution in [3.63, 3.8) is 0 Å². The molecule has 0 saturated heterocycles. The van der Waals surface area contributed by atoms with Crippen molar-refractivity contribution >= 4 is 5.90 Å². The molecule has 0 spiro atoms. The van der Waals surface area contributed by atoms with Gasteiger partial charge in [-0.05, 0) is 49.2 Å². The standard InChI is InChI=1S/C17H16FNO/c1-17(2)11-20-16(19-17)14-5-3-12(4-6-14)13-7-9-15(18)10-8-13/h3-10H,11H2,1-2H3. The van der Waals surface area contributed by atoms with Crippen molar-refractivity contribution in [1.82, 2.24) is 0 Å². The largest absolute Gasteiger partial charge is 0.475 e. The highest BCUT2D eigenvalue weighted by Gasteiger charge is 2.26. The lowest BCUT2D eigenvalue weighted by molar-refractivity contribution is 0.279. The van der Waals surface area contributed by atoms with Crippen molar-refractivity contribution in [1.29, 1.82) is 0 Å². The van der Waals surface area contributed by atoms with Gasteiger partial charge in [-0.2, -0.15) is 0 Å². The summed E-state index contributed by atoms with van der Waals surface area (Å²) in [5, 5.41) is 0. The third kappa shape index (κ3) is 2.57. The molecule has 0 bridgehead atoms. The smallest absolute Gasteiger partial charge is 0.216 e. The minimum Gasteiger partial charge on any atom is -0.475 e. The van der Waals surface area contributed by atoms with E-state index in [2.05, 4.69) is 4.99 Å². The average molecular weight is 269 g/mol. The molecular formula is C17H16FNO. The molecule has 0 aromatic heterocycles. The van der Waals surface area contributed by atoms with E-state index in [1.54, 1.807) is 12.1 Å². The van der Waals surface area contributed by atoms with Crippen LogP contribution < -0.4 is 0 Å². The van der Waals surface area contributed by atoms with Crippen LogP contribution >= 0.6 is 0 Å². The summed E-state index contributed by atoms with van der Waals surface area (Å²) in [5.41, 5.74) is 2.87. The molecule has 1 heterocycles. The Labute approximate surface area is 117 Å². The number of halogens is 1. The van der Waals surface area contributed by atoms with Crippen molar-refractivity contribution in [3.8, 4) is 11.1 Å². The van der Waals surface area contributed by atoms with Gasteiger partial charge in [-0.3, -0.25) is 0 Å². The molecule has 3 heteroatoms. The van der Waals surface area contributed by atoms with Crippen LogP contribution in [-0.4, -0.2) is 18.0 Å². The highest BCUT2D eigenvalue weighted by Crippen LogP contribution is 2.24. The molecule has 0 atom stereocenters. The molecule has 0 saturated carbocycles. The highest BCUT2D eigenvalue weighted by atomic mass is 19.1. The molecule has 102 valence electrons. The first-order valence-electron chi connectivity index (χ1n) is 6.63. The molecule has 2 nitrogen and oxygen atoms in total. The summed E-state index contributed by atoms with van der Waals surface area (Å²) in [6, 6.07) is 14.5. The first-order chi connectivity index (χ1) is 9.53. The molecule has 20 heavy (non-hydrogen) atoms. The second-order valence-electron chi connectivity index (χ2n) is 5.60. The van der Waals surface area contributed by atoms with Crippen molar-refractivity contribution in [3.05, 3.63) is 59.9 Å². The quantitative estimate of drug-likeness (QED) is 0.806. The Hall–Kier alpha value is -2.16. The molecule has 0 radical (unpaired) electrons. The van der Waals surface area contributed by atoms with E-state index in [1.807, 2.05) is 38.1 Å². The van der Waals surface area contributed by atoms with Crippen LogP contribution in [0.2, 0.25) is 0 Å². The Morgan fingerprint density at radius 2 is 1.40 bits per heavy atom. The summed E-state index contributed by atoms with van der Waals surface area (Å²) >= 11 is 0. The van der Waals surface area contributed by atoms with Gasteiger partial charge in [-0.25, -0.2) is 9.38 Å². The predicted octanol–water partition coefficient (Wildman–Crippen LogP) is 4.05. The Bertz CT molecular complexity index is 642. The zero-order valence-corrected chi connectivity index (χ0v) is 11.6. The Balaban J connectivity index is 1.87. The lowest BCUT2D eigenvalue weighted by Gasteiger charge is -2.07. The third-order valence-electron chi connectivity index (χ3n) is 3.28. The zero-order chi connectivity index (χ0) is 14.2. The fourth-order valence-electron chi connectivity index (χ4n) is 2.18. The molecule has 1 aliphatic heterocycles. The van der Waals surface area contributed by atoms with Gasteiger partial charge in [0.25, 0.3) is 0 Å². The molecule has 0 aliphatic carbocycles. The zero-order valence-electron chi connectivity index (χ0n) is 11.6. The summed E-state index contributed by atoms with van der Waals surface area (Å²) in [5.74, 6) is 0.474.